The minimum atomic E-state index is -1.72. The zero-order chi connectivity index (χ0) is 17.9. The van der Waals surface area contributed by atoms with E-state index < -0.39 is 31.1 Å². The van der Waals surface area contributed by atoms with Crippen LogP contribution in [0.4, 0.5) is 0 Å². The monoisotopic (exact) mass is 340 g/mol. The van der Waals surface area contributed by atoms with Crippen LogP contribution in [0.25, 0.3) is 0 Å². The number of nitrogens with two attached hydrogens (primary N) is 1. The van der Waals surface area contributed by atoms with Gasteiger partial charge < -0.3 is 30.7 Å². The van der Waals surface area contributed by atoms with Crippen LogP contribution < -0.4 is 15.9 Å². The summed E-state index contributed by atoms with van der Waals surface area (Å²) >= 11 is 0. The SMILES string of the molecule is COc1c(CN2OC(CO)C(CO)C2C(N)=O)cccc1B(O)O. The van der Waals surface area contributed by atoms with E-state index in [0.29, 0.717) is 5.56 Å². The maximum atomic E-state index is 11.8. The van der Waals surface area contributed by atoms with Gasteiger partial charge in [-0.05, 0) is 0 Å². The van der Waals surface area contributed by atoms with Crippen molar-refractivity contribution in [1.82, 2.24) is 5.06 Å². The topological polar surface area (TPSA) is 146 Å². The smallest absolute Gasteiger partial charge is 0.492 e. The van der Waals surface area contributed by atoms with Crippen LogP contribution >= 0.6 is 0 Å². The van der Waals surface area contributed by atoms with E-state index in [2.05, 4.69) is 0 Å². The molecule has 10 heteroatoms. The molecule has 1 aliphatic rings. The number of hydrogen-bond acceptors (Lipinski definition) is 8. The molecule has 0 aromatic heterocycles. The number of aliphatic hydroxyl groups excluding tert-OH is 2. The van der Waals surface area contributed by atoms with Crippen molar-refractivity contribution in [1.29, 1.82) is 0 Å². The van der Waals surface area contributed by atoms with E-state index in [1.165, 1.54) is 18.2 Å². The molecule has 0 radical (unpaired) electrons. The highest BCUT2D eigenvalue weighted by Crippen LogP contribution is 2.30. The lowest BCUT2D eigenvalue weighted by atomic mass is 9.78. The molecule has 2 rings (SSSR count). The summed E-state index contributed by atoms with van der Waals surface area (Å²) in [6.45, 7) is -0.704. The van der Waals surface area contributed by atoms with E-state index in [4.69, 9.17) is 15.3 Å². The molecule has 3 atom stereocenters. The zero-order valence-electron chi connectivity index (χ0n) is 13.2. The van der Waals surface area contributed by atoms with Gasteiger partial charge in [0, 0.05) is 16.9 Å². The molecule has 1 fully saturated rings. The van der Waals surface area contributed by atoms with E-state index in [9.17, 15) is 25.1 Å². The molecule has 1 saturated heterocycles. The molecule has 1 aromatic rings. The number of carbonyl (C=O) groups excluding carboxylic acids is 1. The maximum Gasteiger partial charge on any atom is 0.492 e. The number of hydroxylamine groups is 2. The molecule has 0 bridgehead atoms. The van der Waals surface area contributed by atoms with Gasteiger partial charge in [0.1, 0.15) is 17.9 Å². The Morgan fingerprint density at radius 2 is 2.08 bits per heavy atom. The Hall–Kier alpha value is -1.69. The second kappa shape index (κ2) is 7.93. The number of hydrogen-bond donors (Lipinski definition) is 5. The molecule has 0 aliphatic carbocycles. The fourth-order valence-corrected chi connectivity index (χ4v) is 2.96. The lowest BCUT2D eigenvalue weighted by Crippen LogP contribution is -2.44. The number of methoxy groups -OCH3 is 1. The molecule has 1 aliphatic heterocycles. The van der Waals surface area contributed by atoms with Gasteiger partial charge in [0.2, 0.25) is 5.91 Å². The van der Waals surface area contributed by atoms with Crippen molar-refractivity contribution in [2.24, 2.45) is 11.7 Å². The highest BCUT2D eigenvalue weighted by atomic mass is 16.7. The summed E-state index contributed by atoms with van der Waals surface area (Å²) in [5, 5.41) is 38.9. The molecule has 24 heavy (non-hydrogen) atoms. The molecule has 0 spiro atoms. The molecular weight excluding hydrogens is 319 g/mol. The standard InChI is InChI=1S/C14H21BN2O7/c1-23-13-8(3-2-4-10(13)15(21)22)5-17-12(14(16)20)9(6-18)11(7-19)24-17/h2-4,9,11-12,18-19,21-22H,5-7H2,1H3,(H2,16,20). The van der Waals surface area contributed by atoms with Crippen LogP contribution in [0.3, 0.4) is 0 Å². The zero-order valence-corrected chi connectivity index (χ0v) is 13.2. The summed E-state index contributed by atoms with van der Waals surface area (Å²) in [6, 6.07) is 3.84. The Kier molecular flexibility index (Phi) is 6.16. The van der Waals surface area contributed by atoms with Crippen molar-refractivity contribution < 1.29 is 34.6 Å². The van der Waals surface area contributed by atoms with E-state index in [1.54, 1.807) is 12.1 Å². The lowest BCUT2D eigenvalue weighted by Gasteiger charge is -2.23. The van der Waals surface area contributed by atoms with Crippen molar-refractivity contribution in [2.75, 3.05) is 20.3 Å². The maximum absolute atomic E-state index is 11.8. The fraction of sp³-hybridized carbons (Fsp3) is 0.500. The Labute approximate surface area is 139 Å². The van der Waals surface area contributed by atoms with Crippen molar-refractivity contribution >= 4 is 18.5 Å². The van der Waals surface area contributed by atoms with Gasteiger partial charge in [-0.3, -0.25) is 9.63 Å². The minimum absolute atomic E-state index is 0.0460. The average Bonchev–Trinajstić information content (AvgIpc) is 2.92. The number of aliphatic hydroxyl groups is 2. The first-order valence-corrected chi connectivity index (χ1v) is 7.40. The van der Waals surface area contributed by atoms with Crippen LogP contribution in [0.15, 0.2) is 18.2 Å². The summed E-state index contributed by atoms with van der Waals surface area (Å²) < 4.78 is 5.23. The lowest BCUT2D eigenvalue weighted by molar-refractivity contribution is -0.180. The van der Waals surface area contributed by atoms with Gasteiger partial charge >= 0.3 is 7.12 Å². The summed E-state index contributed by atoms with van der Waals surface area (Å²) in [5.41, 5.74) is 6.11. The molecule has 3 unspecified atom stereocenters. The van der Waals surface area contributed by atoms with Crippen molar-refractivity contribution in [2.45, 2.75) is 18.7 Å². The number of amides is 1. The van der Waals surface area contributed by atoms with Gasteiger partial charge in [-0.1, -0.05) is 18.2 Å². The Morgan fingerprint density at radius 1 is 1.38 bits per heavy atom. The van der Waals surface area contributed by atoms with Crippen LogP contribution in [0.1, 0.15) is 5.56 Å². The number of ether oxygens (including phenoxy) is 1. The molecule has 1 aromatic carbocycles. The second-order valence-electron chi connectivity index (χ2n) is 5.51. The number of para-hydroxylation sites is 1. The van der Waals surface area contributed by atoms with E-state index in [1.807, 2.05) is 0 Å². The predicted octanol–water partition coefficient (Wildman–Crippen LogP) is -3.05. The third kappa shape index (κ3) is 3.53. The summed E-state index contributed by atoms with van der Waals surface area (Å²) in [4.78, 5) is 17.3. The first-order chi connectivity index (χ1) is 11.4. The average molecular weight is 340 g/mol. The van der Waals surface area contributed by atoms with Gasteiger partial charge in [0.05, 0.1) is 26.9 Å². The number of nitrogens with zero attached hydrogens (tertiary/aromatic N) is 1. The molecule has 1 heterocycles. The van der Waals surface area contributed by atoms with Crippen LogP contribution in [0.5, 0.6) is 5.75 Å². The van der Waals surface area contributed by atoms with Gasteiger partial charge in [0.15, 0.2) is 0 Å². The van der Waals surface area contributed by atoms with Crippen LogP contribution in [0.2, 0.25) is 0 Å². The Bertz CT molecular complexity index is 586. The van der Waals surface area contributed by atoms with E-state index in [-0.39, 0.29) is 31.0 Å². The quantitative estimate of drug-likeness (QED) is 0.329. The summed E-state index contributed by atoms with van der Waals surface area (Å²) in [5.74, 6) is -1.11. The number of primary amides is 1. The molecule has 1 amide bonds. The second-order valence-corrected chi connectivity index (χ2v) is 5.51. The van der Waals surface area contributed by atoms with Gasteiger partial charge in [-0.25, -0.2) is 0 Å². The summed E-state index contributed by atoms with van der Waals surface area (Å²) in [7, 11) is -0.338. The van der Waals surface area contributed by atoms with Crippen LogP contribution in [0, 0.1) is 5.92 Å². The number of rotatable bonds is 7. The van der Waals surface area contributed by atoms with Gasteiger partial charge in [0.25, 0.3) is 0 Å². The third-order valence-electron chi connectivity index (χ3n) is 4.08. The largest absolute Gasteiger partial charge is 0.497 e. The minimum Gasteiger partial charge on any atom is -0.497 e. The summed E-state index contributed by atoms with van der Waals surface area (Å²) in [6.07, 6.45) is -0.759. The first kappa shape index (κ1) is 18.7. The normalized spacial score (nSPS) is 24.1. The molecule has 0 saturated carbocycles. The molecule has 6 N–H and O–H groups in total. The predicted molar refractivity (Wildman–Crippen MR) is 83.9 cm³/mol. The Balaban J connectivity index is 2.33. The van der Waals surface area contributed by atoms with Crippen LogP contribution in [-0.2, 0) is 16.2 Å². The Morgan fingerprint density at radius 3 is 2.58 bits per heavy atom. The third-order valence-corrected chi connectivity index (χ3v) is 4.08. The number of carbonyl (C=O) groups is 1. The van der Waals surface area contributed by atoms with Crippen molar-refractivity contribution in [3.05, 3.63) is 23.8 Å². The molecular formula is C14H21BN2O7. The highest BCUT2D eigenvalue weighted by molar-refractivity contribution is 6.59. The number of benzene rings is 1. The fourth-order valence-electron chi connectivity index (χ4n) is 2.96. The molecule has 132 valence electrons. The van der Waals surface area contributed by atoms with Crippen LogP contribution in [-0.4, -0.2) is 70.8 Å². The van der Waals surface area contributed by atoms with Crippen molar-refractivity contribution in [3.8, 4) is 5.75 Å². The highest BCUT2D eigenvalue weighted by Gasteiger charge is 2.46. The van der Waals surface area contributed by atoms with Gasteiger partial charge in [-0.2, -0.15) is 5.06 Å². The van der Waals surface area contributed by atoms with Crippen molar-refractivity contribution in [3.63, 3.8) is 0 Å². The first-order valence-electron chi connectivity index (χ1n) is 7.40. The van der Waals surface area contributed by atoms with Gasteiger partial charge in [-0.15, -0.1) is 0 Å². The van der Waals surface area contributed by atoms with E-state index >= 15 is 0 Å². The molecule has 9 nitrogen and oxygen atoms in total. The van der Waals surface area contributed by atoms with E-state index in [0.717, 1.165) is 0 Å².